The smallest absolute Gasteiger partial charge is 0.253 e. The third-order valence-corrected chi connectivity index (χ3v) is 6.21. The molecular formula is C28H30FN7O3. The number of para-hydroxylation sites is 2. The Labute approximate surface area is 223 Å². The molecule has 2 aromatic carbocycles. The van der Waals surface area contributed by atoms with E-state index in [9.17, 15) is 19.1 Å². The summed E-state index contributed by atoms with van der Waals surface area (Å²) in [5, 5.41) is 25.1. The summed E-state index contributed by atoms with van der Waals surface area (Å²) in [6.07, 6.45) is 3.91. The zero-order chi connectivity index (χ0) is 27.9. The molecule has 2 amide bonds. The number of aryl methyl sites for hydroxylation is 1. The van der Waals surface area contributed by atoms with E-state index in [1.54, 1.807) is 25.1 Å². The van der Waals surface area contributed by atoms with Gasteiger partial charge in [0.1, 0.15) is 5.82 Å². The number of nitrogen functional groups attached to an aromatic ring is 1. The summed E-state index contributed by atoms with van der Waals surface area (Å²) in [5.41, 5.74) is 8.62. The Kier molecular flexibility index (Phi) is 8.40. The topological polar surface area (TPSA) is 161 Å². The number of aromatic amines is 2. The lowest BCUT2D eigenvalue weighted by Gasteiger charge is -2.08. The van der Waals surface area contributed by atoms with Crippen LogP contribution in [0.25, 0.3) is 23.7 Å². The standard InChI is InChI=1S/C28H30FN7O3/c1-16-23(15-32-36-26-19-14-18(29)11-12-21(19)35-28(26)39)33-17(2)25(16)27(38)31-13-7-3-4-10-24(37)34-22-9-6-5-8-20(22)30/h5-6,8-9,11-12,14-15,33,35,39H,1,3-4,7,10,13,30H2,2H3,(H,31,38)(H,34,37). The van der Waals surface area contributed by atoms with Crippen LogP contribution in [0.5, 0.6) is 5.88 Å². The highest BCUT2D eigenvalue weighted by atomic mass is 19.1. The van der Waals surface area contributed by atoms with Crippen molar-refractivity contribution in [2.45, 2.75) is 32.6 Å². The van der Waals surface area contributed by atoms with Crippen LogP contribution in [0, 0.1) is 12.7 Å². The van der Waals surface area contributed by atoms with Crippen molar-refractivity contribution < 1.29 is 19.1 Å². The van der Waals surface area contributed by atoms with E-state index in [0.717, 1.165) is 6.42 Å². The van der Waals surface area contributed by atoms with Gasteiger partial charge in [0, 0.05) is 29.3 Å². The highest BCUT2D eigenvalue weighted by molar-refractivity contribution is 5.96. The van der Waals surface area contributed by atoms with E-state index in [-0.39, 0.29) is 23.4 Å². The number of nitrogens with zero attached hydrogens (tertiary/aromatic N) is 2. The summed E-state index contributed by atoms with van der Waals surface area (Å²) in [6.45, 7) is 6.20. The number of azo groups is 1. The molecule has 0 unspecified atom stereocenters. The quantitative estimate of drug-likeness (QED) is 0.103. The monoisotopic (exact) mass is 531 g/mol. The summed E-state index contributed by atoms with van der Waals surface area (Å²) in [6, 6.07) is 11.1. The molecule has 11 heteroatoms. The lowest BCUT2D eigenvalue weighted by Crippen LogP contribution is -2.32. The first kappa shape index (κ1) is 27.1. The number of benzene rings is 2. The Balaban J connectivity index is 1.29. The van der Waals surface area contributed by atoms with E-state index in [2.05, 4.69) is 37.4 Å². The van der Waals surface area contributed by atoms with E-state index < -0.39 is 5.82 Å². The number of H-pyrrole nitrogens is 2. The fourth-order valence-corrected chi connectivity index (χ4v) is 4.20. The van der Waals surface area contributed by atoms with Gasteiger partial charge in [0.05, 0.1) is 34.0 Å². The fraction of sp³-hybridized carbons (Fsp3) is 0.214. The molecule has 0 radical (unpaired) electrons. The van der Waals surface area contributed by atoms with Gasteiger partial charge in [0.15, 0.2) is 5.69 Å². The Morgan fingerprint density at radius 2 is 1.95 bits per heavy atom. The number of aromatic nitrogens is 2. The van der Waals surface area contributed by atoms with Crippen LogP contribution in [0.15, 0.2) is 52.7 Å². The average molecular weight is 532 g/mol. The van der Waals surface area contributed by atoms with Gasteiger partial charge in [0.25, 0.3) is 5.91 Å². The molecule has 0 bridgehead atoms. The van der Waals surface area contributed by atoms with Gasteiger partial charge in [-0.15, -0.1) is 5.11 Å². The van der Waals surface area contributed by atoms with Gasteiger partial charge in [-0.25, -0.2) is 4.39 Å². The SMILES string of the molecule is C=c1c(C(=O)NCCCCCC(=O)Nc2ccccc2N)c(C)[nH]c1=CN=Nc1c(O)[nH]c2ccc(F)cc12. The molecular weight excluding hydrogens is 501 g/mol. The molecule has 0 fully saturated rings. The van der Waals surface area contributed by atoms with Crippen molar-refractivity contribution in [1.82, 2.24) is 15.3 Å². The van der Waals surface area contributed by atoms with Crippen LogP contribution in [0.1, 0.15) is 41.7 Å². The number of carbonyl (C=O) groups excluding carboxylic acids is 2. The molecule has 0 saturated heterocycles. The van der Waals surface area contributed by atoms with E-state index >= 15 is 0 Å². The molecule has 39 heavy (non-hydrogen) atoms. The maximum absolute atomic E-state index is 13.6. The van der Waals surface area contributed by atoms with Crippen molar-refractivity contribution in [2.75, 3.05) is 17.6 Å². The number of nitrogens with one attached hydrogen (secondary N) is 4. The minimum Gasteiger partial charge on any atom is -0.493 e. The molecule has 0 aliphatic carbocycles. The molecule has 2 heterocycles. The zero-order valence-electron chi connectivity index (χ0n) is 21.5. The van der Waals surface area contributed by atoms with Crippen LogP contribution in [0.2, 0.25) is 0 Å². The molecule has 7 N–H and O–H groups in total. The second-order valence-corrected chi connectivity index (χ2v) is 9.08. The average Bonchev–Trinajstić information content (AvgIpc) is 3.36. The van der Waals surface area contributed by atoms with Crippen molar-refractivity contribution in [3.63, 3.8) is 0 Å². The van der Waals surface area contributed by atoms with Gasteiger partial charge < -0.3 is 31.4 Å². The number of nitrogens with two attached hydrogens (primary N) is 1. The van der Waals surface area contributed by atoms with E-state index in [1.165, 1.54) is 24.4 Å². The van der Waals surface area contributed by atoms with Gasteiger partial charge in [-0.05, 0) is 50.1 Å². The molecule has 4 rings (SSSR count). The third kappa shape index (κ3) is 6.50. The number of carbonyl (C=O) groups is 2. The lowest BCUT2D eigenvalue weighted by atomic mass is 10.1. The van der Waals surface area contributed by atoms with Gasteiger partial charge >= 0.3 is 0 Å². The van der Waals surface area contributed by atoms with Crippen molar-refractivity contribution in [1.29, 1.82) is 0 Å². The largest absolute Gasteiger partial charge is 0.493 e. The normalized spacial score (nSPS) is 11.9. The first-order valence-corrected chi connectivity index (χ1v) is 12.5. The number of fused-ring (bicyclic) bond motifs is 1. The first-order valence-electron chi connectivity index (χ1n) is 12.5. The van der Waals surface area contributed by atoms with Crippen LogP contribution in [-0.2, 0) is 4.79 Å². The second kappa shape index (κ2) is 12.1. The third-order valence-electron chi connectivity index (χ3n) is 6.21. The minimum absolute atomic E-state index is 0.102. The van der Waals surface area contributed by atoms with Crippen molar-refractivity contribution >= 4 is 52.6 Å². The molecule has 0 saturated carbocycles. The van der Waals surface area contributed by atoms with Crippen molar-refractivity contribution in [3.05, 3.63) is 70.1 Å². The van der Waals surface area contributed by atoms with Gasteiger partial charge in [-0.2, -0.15) is 5.11 Å². The van der Waals surface area contributed by atoms with Crippen LogP contribution in [0.4, 0.5) is 21.5 Å². The highest BCUT2D eigenvalue weighted by Gasteiger charge is 2.13. The van der Waals surface area contributed by atoms with Gasteiger partial charge in [0.2, 0.25) is 11.8 Å². The Morgan fingerprint density at radius 3 is 2.74 bits per heavy atom. The predicted octanol–water partition coefficient (Wildman–Crippen LogP) is 4.09. The van der Waals surface area contributed by atoms with E-state index in [4.69, 9.17) is 5.73 Å². The molecule has 4 aromatic rings. The van der Waals surface area contributed by atoms with E-state index in [0.29, 0.717) is 69.9 Å². The molecule has 0 aliphatic rings. The number of aromatic hydroxyl groups is 1. The molecule has 2 aromatic heterocycles. The highest BCUT2D eigenvalue weighted by Crippen LogP contribution is 2.35. The number of unbranched alkanes of at least 4 members (excludes halogenated alkanes) is 2. The maximum Gasteiger partial charge on any atom is 0.253 e. The van der Waals surface area contributed by atoms with Crippen molar-refractivity contribution in [3.8, 4) is 5.88 Å². The number of halogens is 1. The van der Waals surface area contributed by atoms with Crippen LogP contribution in [0.3, 0.4) is 0 Å². The Bertz CT molecular complexity index is 1660. The Hall–Kier alpha value is -4.93. The Morgan fingerprint density at radius 1 is 1.15 bits per heavy atom. The number of rotatable bonds is 10. The van der Waals surface area contributed by atoms with Crippen molar-refractivity contribution in [2.24, 2.45) is 10.2 Å². The van der Waals surface area contributed by atoms with Crippen LogP contribution < -0.4 is 26.9 Å². The molecule has 10 nitrogen and oxygen atoms in total. The summed E-state index contributed by atoms with van der Waals surface area (Å²) in [5.74, 6) is -1.06. The summed E-state index contributed by atoms with van der Waals surface area (Å²) in [7, 11) is 0. The number of amides is 2. The molecule has 0 spiro atoms. The van der Waals surface area contributed by atoms with Crippen LogP contribution in [-0.4, -0.2) is 33.4 Å². The molecule has 202 valence electrons. The molecule has 0 aliphatic heterocycles. The van der Waals surface area contributed by atoms with Gasteiger partial charge in [-0.3, -0.25) is 9.59 Å². The summed E-state index contributed by atoms with van der Waals surface area (Å²) in [4.78, 5) is 30.7. The first-order chi connectivity index (χ1) is 18.7. The predicted molar refractivity (Wildman–Crippen MR) is 149 cm³/mol. The maximum atomic E-state index is 13.6. The number of hydrogen-bond donors (Lipinski definition) is 6. The minimum atomic E-state index is -0.461. The van der Waals surface area contributed by atoms with Gasteiger partial charge in [-0.1, -0.05) is 25.1 Å². The molecule has 0 atom stereocenters. The lowest BCUT2D eigenvalue weighted by molar-refractivity contribution is -0.116. The summed E-state index contributed by atoms with van der Waals surface area (Å²) < 4.78 is 13.6. The summed E-state index contributed by atoms with van der Waals surface area (Å²) >= 11 is 0. The van der Waals surface area contributed by atoms with Crippen LogP contribution >= 0.6 is 0 Å². The second-order valence-electron chi connectivity index (χ2n) is 9.08. The number of hydrogen-bond acceptors (Lipinski definition) is 6. The van der Waals surface area contributed by atoms with E-state index in [1.807, 2.05) is 6.07 Å². The zero-order valence-corrected chi connectivity index (χ0v) is 21.5. The number of anilines is 2. The fourth-order valence-electron chi connectivity index (χ4n) is 4.20.